The molecule has 0 aromatic heterocycles. The van der Waals surface area contributed by atoms with Crippen molar-refractivity contribution in [3.05, 3.63) is 36.4 Å². The summed E-state index contributed by atoms with van der Waals surface area (Å²) in [6, 6.07) is 7.69. The van der Waals surface area contributed by atoms with Crippen LogP contribution in [-0.4, -0.2) is 13.1 Å². The molecule has 1 aromatic rings. The summed E-state index contributed by atoms with van der Waals surface area (Å²) in [6.07, 6.45) is 1.80. The molecule has 0 N–H and O–H groups in total. The first-order chi connectivity index (χ1) is 5.72. The van der Waals surface area contributed by atoms with Gasteiger partial charge < -0.3 is 0 Å². The van der Waals surface area contributed by atoms with Gasteiger partial charge in [-0.05, 0) is 0 Å². The Morgan fingerprint density at radius 1 is 1.42 bits per heavy atom. The third-order valence-electron chi connectivity index (χ3n) is 1.41. The van der Waals surface area contributed by atoms with Gasteiger partial charge in [-0.25, -0.2) is 0 Å². The molecule has 0 bridgehead atoms. The Labute approximate surface area is 73.8 Å². The van der Waals surface area contributed by atoms with Crippen LogP contribution in [-0.2, 0) is 0 Å². The molecule has 0 atom stereocenters. The molecule has 1 aromatic carbocycles. The predicted octanol–water partition coefficient (Wildman–Crippen LogP) is 1.76. The summed E-state index contributed by atoms with van der Waals surface area (Å²) in [5.41, 5.74) is 1.78. The molecule has 0 saturated heterocycles. The molecule has 0 saturated carbocycles. The van der Waals surface area contributed by atoms with E-state index in [0.29, 0.717) is 5.65 Å². The second-order valence-electron chi connectivity index (χ2n) is 2.58. The molecule has 1 rings (SSSR count). The molecular weight excluding hydrogens is 147 g/mol. The van der Waals surface area contributed by atoms with E-state index in [1.807, 2.05) is 31.2 Å². The number of benzene rings is 1. The van der Waals surface area contributed by atoms with Crippen LogP contribution in [0.1, 0.15) is 12.5 Å². The zero-order valence-corrected chi connectivity index (χ0v) is 7.21. The van der Waals surface area contributed by atoms with Crippen LogP contribution in [0.4, 0.5) is 0 Å². The minimum absolute atomic E-state index is 0.696. The van der Waals surface area contributed by atoms with E-state index >= 15 is 0 Å². The Kier molecular flexibility index (Phi) is 2.86. The molecule has 0 aliphatic rings. The van der Waals surface area contributed by atoms with Crippen molar-refractivity contribution in [3.63, 3.8) is 0 Å². The number of ether oxygens (including phenoxy) is 1. The molecule has 2 heteroatoms. The van der Waals surface area contributed by atoms with Crippen molar-refractivity contribution in [2.75, 3.05) is 0 Å². The van der Waals surface area contributed by atoms with Crippen LogP contribution in [0.15, 0.2) is 30.8 Å². The fraction of sp³-hybridized carbons (Fsp3) is 0.100. The summed E-state index contributed by atoms with van der Waals surface area (Å²) in [5.74, 6) is 0.813. The number of hydrogen-bond donors (Lipinski definition) is 0. The van der Waals surface area contributed by atoms with Crippen molar-refractivity contribution in [1.29, 1.82) is 0 Å². The van der Waals surface area contributed by atoms with Gasteiger partial charge in [0.15, 0.2) is 0 Å². The second-order valence-corrected chi connectivity index (χ2v) is 2.58. The third-order valence-corrected chi connectivity index (χ3v) is 1.41. The van der Waals surface area contributed by atoms with E-state index in [1.54, 1.807) is 6.08 Å². The van der Waals surface area contributed by atoms with E-state index in [1.165, 1.54) is 0 Å². The van der Waals surface area contributed by atoms with Gasteiger partial charge in [0.1, 0.15) is 0 Å². The SMILES string of the molecule is B=C(C)Oc1ccc(C=C)cc1. The van der Waals surface area contributed by atoms with Crippen LogP contribution in [0.5, 0.6) is 5.75 Å². The minimum atomic E-state index is 0.696. The fourth-order valence-corrected chi connectivity index (χ4v) is 0.873. The summed E-state index contributed by atoms with van der Waals surface area (Å²) in [5, 5.41) is 0. The van der Waals surface area contributed by atoms with Gasteiger partial charge in [0.2, 0.25) is 0 Å². The first kappa shape index (κ1) is 8.79. The topological polar surface area (TPSA) is 9.23 Å². The van der Waals surface area contributed by atoms with Gasteiger partial charge in [0.05, 0.1) is 0 Å². The maximum absolute atomic E-state index is 5.28. The van der Waals surface area contributed by atoms with Crippen molar-refractivity contribution in [2.24, 2.45) is 0 Å². The molecule has 60 valence electrons. The summed E-state index contributed by atoms with van der Waals surface area (Å²) in [6.45, 7) is 5.48. The van der Waals surface area contributed by atoms with E-state index in [4.69, 9.17) is 4.74 Å². The molecule has 0 aliphatic carbocycles. The molecule has 0 fully saturated rings. The number of hydrogen-bond acceptors (Lipinski definition) is 1. The van der Waals surface area contributed by atoms with Crippen molar-refractivity contribution in [3.8, 4) is 5.75 Å². The molecule has 0 radical (unpaired) electrons. The quantitative estimate of drug-likeness (QED) is 0.609. The molecule has 0 spiro atoms. The first-order valence-electron chi connectivity index (χ1n) is 3.78. The van der Waals surface area contributed by atoms with Crippen LogP contribution in [0, 0.1) is 0 Å². The van der Waals surface area contributed by atoms with Gasteiger partial charge >= 0.3 is 73.0 Å². The van der Waals surface area contributed by atoms with Crippen LogP contribution < -0.4 is 4.74 Å². The van der Waals surface area contributed by atoms with Crippen molar-refractivity contribution in [1.82, 2.24) is 0 Å². The van der Waals surface area contributed by atoms with E-state index in [-0.39, 0.29) is 0 Å². The second kappa shape index (κ2) is 3.91. The molecular formula is C10H11BO. The van der Waals surface area contributed by atoms with Crippen LogP contribution in [0.25, 0.3) is 6.08 Å². The van der Waals surface area contributed by atoms with Gasteiger partial charge in [0.25, 0.3) is 0 Å². The zero-order valence-electron chi connectivity index (χ0n) is 7.21. The Morgan fingerprint density at radius 3 is 2.42 bits per heavy atom. The van der Waals surface area contributed by atoms with Gasteiger partial charge in [-0.2, -0.15) is 0 Å². The van der Waals surface area contributed by atoms with Gasteiger partial charge in [0, 0.05) is 0 Å². The monoisotopic (exact) mass is 158 g/mol. The molecule has 0 unspecified atom stereocenters. The van der Waals surface area contributed by atoms with Gasteiger partial charge in [-0.15, -0.1) is 0 Å². The van der Waals surface area contributed by atoms with E-state index in [2.05, 4.69) is 14.1 Å². The molecule has 0 aliphatic heterocycles. The van der Waals surface area contributed by atoms with E-state index < -0.39 is 0 Å². The Morgan fingerprint density at radius 2 is 2.00 bits per heavy atom. The Bertz CT molecular complexity index is 287. The molecule has 12 heavy (non-hydrogen) atoms. The Hall–Kier alpha value is -1.31. The standard InChI is InChI=1S/C10H11BO/c1-3-9-4-6-10(7-5-9)12-8(2)11/h3-7,11H,1H2,2H3. The summed E-state index contributed by atoms with van der Waals surface area (Å²) >= 11 is 0. The summed E-state index contributed by atoms with van der Waals surface area (Å²) < 4.78 is 5.28. The Balaban J connectivity index is 2.77. The van der Waals surface area contributed by atoms with Crippen molar-refractivity contribution >= 4 is 19.2 Å². The zero-order chi connectivity index (χ0) is 8.97. The average molecular weight is 158 g/mol. The summed E-state index contributed by atoms with van der Waals surface area (Å²) in [4.78, 5) is 0. The normalized spacial score (nSPS) is 9.00. The predicted molar refractivity (Wildman–Crippen MR) is 55.0 cm³/mol. The number of rotatable bonds is 3. The summed E-state index contributed by atoms with van der Waals surface area (Å²) in [7, 11) is 3.65. The third kappa shape index (κ3) is 2.38. The molecule has 1 nitrogen and oxygen atoms in total. The van der Waals surface area contributed by atoms with Gasteiger partial charge in [-0.1, -0.05) is 0 Å². The van der Waals surface area contributed by atoms with Crippen LogP contribution in [0.2, 0.25) is 0 Å². The van der Waals surface area contributed by atoms with Gasteiger partial charge in [-0.3, -0.25) is 0 Å². The maximum atomic E-state index is 5.28. The first-order valence-corrected chi connectivity index (χ1v) is 3.78. The van der Waals surface area contributed by atoms with Crippen molar-refractivity contribution in [2.45, 2.75) is 6.92 Å². The molecule has 0 heterocycles. The van der Waals surface area contributed by atoms with E-state index in [0.717, 1.165) is 11.3 Å². The van der Waals surface area contributed by atoms with E-state index in [9.17, 15) is 0 Å². The fourth-order valence-electron chi connectivity index (χ4n) is 0.873. The molecule has 0 amide bonds. The van der Waals surface area contributed by atoms with Crippen molar-refractivity contribution < 1.29 is 4.74 Å². The van der Waals surface area contributed by atoms with Crippen LogP contribution in [0.3, 0.4) is 0 Å². The van der Waals surface area contributed by atoms with Crippen LogP contribution >= 0.6 is 0 Å². The average Bonchev–Trinajstić information content (AvgIpc) is 2.05.